The molecule has 0 bridgehead atoms. The highest BCUT2D eigenvalue weighted by molar-refractivity contribution is 7.08. The molecule has 7 heteroatoms. The average molecular weight is 388 g/mol. The van der Waals surface area contributed by atoms with E-state index in [2.05, 4.69) is 10.2 Å². The van der Waals surface area contributed by atoms with E-state index in [9.17, 15) is 9.59 Å². The number of piperazine rings is 1. The molecular weight excluding hydrogens is 362 g/mol. The van der Waals surface area contributed by atoms with Gasteiger partial charge in [0, 0.05) is 50.2 Å². The predicted octanol–water partition coefficient (Wildman–Crippen LogP) is 2.33. The first kappa shape index (κ1) is 19.4. The van der Waals surface area contributed by atoms with Crippen LogP contribution in [0.15, 0.2) is 41.1 Å². The highest BCUT2D eigenvalue weighted by Gasteiger charge is 2.22. The van der Waals surface area contributed by atoms with Gasteiger partial charge in [-0.1, -0.05) is 0 Å². The van der Waals surface area contributed by atoms with Gasteiger partial charge in [0.1, 0.15) is 5.75 Å². The molecule has 3 rings (SSSR count). The lowest BCUT2D eigenvalue weighted by atomic mass is 10.2. The number of ether oxygens (including phenoxy) is 1. The summed E-state index contributed by atoms with van der Waals surface area (Å²) in [5.74, 6) is 0.799. The molecule has 1 fully saturated rings. The second kappa shape index (κ2) is 9.53. The zero-order chi connectivity index (χ0) is 19.1. The van der Waals surface area contributed by atoms with Gasteiger partial charge in [-0.2, -0.15) is 11.3 Å². The van der Waals surface area contributed by atoms with E-state index in [0.717, 1.165) is 44.0 Å². The summed E-state index contributed by atoms with van der Waals surface area (Å²) in [4.78, 5) is 28.7. The van der Waals surface area contributed by atoms with E-state index < -0.39 is 0 Å². The molecule has 2 heterocycles. The number of thiophene rings is 1. The third-order valence-electron chi connectivity index (χ3n) is 4.57. The Morgan fingerprint density at radius 2 is 1.81 bits per heavy atom. The minimum absolute atomic E-state index is 0.0793. The number of nitrogens with one attached hydrogen (secondary N) is 1. The molecule has 1 aromatic heterocycles. The first-order valence-electron chi connectivity index (χ1n) is 9.22. The lowest BCUT2D eigenvalue weighted by Crippen LogP contribution is -2.50. The molecule has 0 aliphatic carbocycles. The van der Waals surface area contributed by atoms with E-state index >= 15 is 0 Å². The van der Waals surface area contributed by atoms with Gasteiger partial charge in [0.2, 0.25) is 0 Å². The van der Waals surface area contributed by atoms with E-state index in [-0.39, 0.29) is 11.8 Å². The van der Waals surface area contributed by atoms with Crippen molar-refractivity contribution in [3.05, 3.63) is 52.2 Å². The minimum atomic E-state index is -0.0793. The van der Waals surface area contributed by atoms with Crippen LogP contribution in [0.2, 0.25) is 0 Å². The minimum Gasteiger partial charge on any atom is -0.494 e. The van der Waals surface area contributed by atoms with Crippen LogP contribution in [-0.2, 0) is 0 Å². The van der Waals surface area contributed by atoms with Gasteiger partial charge in [0.15, 0.2) is 0 Å². The third-order valence-corrected chi connectivity index (χ3v) is 5.25. The second-order valence-electron chi connectivity index (χ2n) is 6.36. The van der Waals surface area contributed by atoms with Crippen molar-refractivity contribution in [3.63, 3.8) is 0 Å². The van der Waals surface area contributed by atoms with Gasteiger partial charge in [0.25, 0.3) is 11.8 Å². The molecule has 0 saturated carbocycles. The Morgan fingerprint density at radius 3 is 2.44 bits per heavy atom. The van der Waals surface area contributed by atoms with Crippen molar-refractivity contribution >= 4 is 23.2 Å². The highest BCUT2D eigenvalue weighted by Crippen LogP contribution is 2.13. The number of nitrogens with zero attached hydrogens (tertiary/aromatic N) is 2. The van der Waals surface area contributed by atoms with Gasteiger partial charge in [-0.05, 0) is 42.6 Å². The number of hydrogen-bond acceptors (Lipinski definition) is 5. The molecule has 2 amide bonds. The summed E-state index contributed by atoms with van der Waals surface area (Å²) in [5.41, 5.74) is 1.40. The van der Waals surface area contributed by atoms with Crippen molar-refractivity contribution < 1.29 is 14.3 Å². The van der Waals surface area contributed by atoms with E-state index in [0.29, 0.717) is 18.7 Å². The average Bonchev–Trinajstić information content (AvgIpc) is 3.23. The molecule has 0 radical (unpaired) electrons. The fraction of sp³-hybridized carbons (Fsp3) is 0.400. The Kier molecular flexibility index (Phi) is 6.84. The monoisotopic (exact) mass is 387 g/mol. The lowest BCUT2D eigenvalue weighted by molar-refractivity contribution is 0.0638. The SMILES string of the molecule is CCOc1ccc(C(=O)NCCN2CCN(C(=O)c3ccsc3)CC2)cc1. The summed E-state index contributed by atoms with van der Waals surface area (Å²) in [7, 11) is 0. The van der Waals surface area contributed by atoms with Crippen LogP contribution in [0.1, 0.15) is 27.6 Å². The number of hydrogen-bond donors (Lipinski definition) is 1. The van der Waals surface area contributed by atoms with Gasteiger partial charge < -0.3 is 15.0 Å². The maximum Gasteiger partial charge on any atom is 0.254 e. The van der Waals surface area contributed by atoms with Gasteiger partial charge in [-0.15, -0.1) is 0 Å². The molecule has 0 atom stereocenters. The van der Waals surface area contributed by atoms with Crippen molar-refractivity contribution in [2.75, 3.05) is 45.9 Å². The number of amides is 2. The summed E-state index contributed by atoms with van der Waals surface area (Å²) in [6, 6.07) is 9.03. The molecule has 0 spiro atoms. The van der Waals surface area contributed by atoms with Crippen LogP contribution in [0.3, 0.4) is 0 Å². The van der Waals surface area contributed by atoms with Crippen molar-refractivity contribution in [1.82, 2.24) is 15.1 Å². The maximum absolute atomic E-state index is 12.3. The van der Waals surface area contributed by atoms with E-state index in [1.54, 1.807) is 23.5 Å². The van der Waals surface area contributed by atoms with E-state index in [4.69, 9.17) is 4.74 Å². The van der Waals surface area contributed by atoms with Crippen LogP contribution < -0.4 is 10.1 Å². The van der Waals surface area contributed by atoms with Crippen LogP contribution in [0, 0.1) is 0 Å². The molecule has 1 N–H and O–H groups in total. The molecule has 0 unspecified atom stereocenters. The number of benzene rings is 1. The molecule has 1 saturated heterocycles. The third kappa shape index (κ3) is 5.30. The normalized spacial score (nSPS) is 14.8. The smallest absolute Gasteiger partial charge is 0.254 e. The number of rotatable bonds is 7. The van der Waals surface area contributed by atoms with Crippen LogP contribution in [-0.4, -0.2) is 67.5 Å². The Balaban J connectivity index is 1.37. The van der Waals surface area contributed by atoms with E-state index in [1.807, 2.05) is 40.8 Å². The first-order chi connectivity index (χ1) is 13.2. The van der Waals surface area contributed by atoms with Crippen LogP contribution in [0.4, 0.5) is 0 Å². The van der Waals surface area contributed by atoms with Crippen molar-refractivity contribution in [1.29, 1.82) is 0 Å². The van der Waals surface area contributed by atoms with Gasteiger partial charge >= 0.3 is 0 Å². The molecule has 144 valence electrons. The molecule has 1 aromatic carbocycles. The zero-order valence-electron chi connectivity index (χ0n) is 15.5. The fourth-order valence-corrected chi connectivity index (χ4v) is 3.67. The van der Waals surface area contributed by atoms with Gasteiger partial charge in [-0.25, -0.2) is 0 Å². The molecular formula is C20H25N3O3S. The van der Waals surface area contributed by atoms with Gasteiger partial charge in [0.05, 0.1) is 12.2 Å². The van der Waals surface area contributed by atoms with Crippen molar-refractivity contribution in [2.45, 2.75) is 6.92 Å². The largest absolute Gasteiger partial charge is 0.494 e. The Bertz CT molecular complexity index is 738. The molecule has 1 aliphatic heterocycles. The zero-order valence-corrected chi connectivity index (χ0v) is 16.3. The summed E-state index contributed by atoms with van der Waals surface area (Å²) in [6.45, 7) is 7.01. The standard InChI is InChI=1S/C20H25N3O3S/c1-2-26-18-5-3-16(4-6-18)19(24)21-8-9-22-10-12-23(13-11-22)20(25)17-7-14-27-15-17/h3-7,14-15H,2,8-13H2,1H3,(H,21,24). The number of carbonyl (C=O) groups excluding carboxylic acids is 2. The van der Waals surface area contributed by atoms with Crippen LogP contribution in [0.5, 0.6) is 5.75 Å². The van der Waals surface area contributed by atoms with Crippen LogP contribution in [0.25, 0.3) is 0 Å². The van der Waals surface area contributed by atoms with Gasteiger partial charge in [-0.3, -0.25) is 14.5 Å². The second-order valence-corrected chi connectivity index (χ2v) is 7.14. The Labute approximate surface area is 163 Å². The lowest BCUT2D eigenvalue weighted by Gasteiger charge is -2.34. The summed E-state index contributed by atoms with van der Waals surface area (Å²) in [5, 5.41) is 6.77. The predicted molar refractivity (Wildman–Crippen MR) is 107 cm³/mol. The summed E-state index contributed by atoms with van der Waals surface area (Å²) in [6.07, 6.45) is 0. The quantitative estimate of drug-likeness (QED) is 0.792. The van der Waals surface area contributed by atoms with E-state index in [1.165, 1.54) is 0 Å². The maximum atomic E-state index is 12.3. The Hall–Kier alpha value is -2.38. The molecule has 27 heavy (non-hydrogen) atoms. The summed E-state index contributed by atoms with van der Waals surface area (Å²) < 4.78 is 5.38. The molecule has 1 aliphatic rings. The Morgan fingerprint density at radius 1 is 1.07 bits per heavy atom. The van der Waals surface area contributed by atoms with Crippen molar-refractivity contribution in [2.24, 2.45) is 0 Å². The molecule has 6 nitrogen and oxygen atoms in total. The first-order valence-corrected chi connectivity index (χ1v) is 10.2. The highest BCUT2D eigenvalue weighted by atomic mass is 32.1. The molecule has 2 aromatic rings. The number of carbonyl (C=O) groups is 2. The van der Waals surface area contributed by atoms with Crippen LogP contribution >= 0.6 is 11.3 Å². The fourth-order valence-electron chi connectivity index (χ4n) is 3.04. The van der Waals surface area contributed by atoms with Crippen molar-refractivity contribution in [3.8, 4) is 5.75 Å². The topological polar surface area (TPSA) is 61.9 Å². The summed E-state index contributed by atoms with van der Waals surface area (Å²) >= 11 is 1.54.